The van der Waals surface area contributed by atoms with Crippen molar-refractivity contribution < 1.29 is 56.1 Å². The van der Waals surface area contributed by atoms with Gasteiger partial charge in [-0.05, 0) is 5.56 Å². The minimum atomic E-state index is 0. The van der Waals surface area contributed by atoms with E-state index in [0.717, 1.165) is 6.10 Å². The van der Waals surface area contributed by atoms with Crippen molar-refractivity contribution in [2.45, 2.75) is 20.5 Å². The van der Waals surface area contributed by atoms with Crippen LogP contribution in [0.4, 0.5) is 0 Å². The first kappa shape index (κ1) is 12.8. The zero-order chi connectivity index (χ0) is 8.10. The van der Waals surface area contributed by atoms with E-state index in [1.807, 2.05) is 32.0 Å². The smallest absolute Gasteiger partial charge is 0.546 e. The van der Waals surface area contributed by atoms with Crippen LogP contribution in [0.25, 0.3) is 0 Å². The molecular formula is C10H13KO. The first-order chi connectivity index (χ1) is 5.29. The third-order valence-corrected chi connectivity index (χ3v) is 1.37. The molecule has 1 nitrogen and oxygen atoms in total. The van der Waals surface area contributed by atoms with Gasteiger partial charge in [0.05, 0.1) is 0 Å². The molecule has 0 saturated carbocycles. The van der Waals surface area contributed by atoms with Crippen LogP contribution in [0, 0.1) is 6.10 Å². The maximum absolute atomic E-state index is 5.34. The molecule has 1 rings (SSSR count). The predicted octanol–water partition coefficient (Wildman–Crippen LogP) is -0.221. The van der Waals surface area contributed by atoms with Gasteiger partial charge in [-0.1, -0.05) is 30.3 Å². The Morgan fingerprint density at radius 2 is 1.75 bits per heavy atom. The fourth-order valence-corrected chi connectivity index (χ4v) is 0.802. The van der Waals surface area contributed by atoms with E-state index in [2.05, 4.69) is 12.1 Å². The summed E-state index contributed by atoms with van der Waals surface area (Å²) in [7, 11) is 0. The van der Waals surface area contributed by atoms with Crippen LogP contribution in [0.15, 0.2) is 30.3 Å². The Morgan fingerprint density at radius 1 is 1.17 bits per heavy atom. The summed E-state index contributed by atoms with van der Waals surface area (Å²) in [5, 5.41) is 0. The van der Waals surface area contributed by atoms with Gasteiger partial charge in [0.25, 0.3) is 0 Å². The maximum atomic E-state index is 5.34. The van der Waals surface area contributed by atoms with Crippen molar-refractivity contribution in [3.8, 4) is 0 Å². The van der Waals surface area contributed by atoms with Gasteiger partial charge < -0.3 is 4.74 Å². The molecule has 1 aromatic rings. The molecule has 1 aromatic carbocycles. The van der Waals surface area contributed by atoms with Crippen LogP contribution in [0.2, 0.25) is 0 Å². The average molecular weight is 188 g/mol. The van der Waals surface area contributed by atoms with Crippen molar-refractivity contribution in [2.24, 2.45) is 0 Å². The van der Waals surface area contributed by atoms with Crippen molar-refractivity contribution in [3.05, 3.63) is 42.0 Å². The third kappa shape index (κ3) is 5.46. The van der Waals surface area contributed by atoms with E-state index in [-0.39, 0.29) is 51.4 Å². The number of hydrogen-bond donors (Lipinski definition) is 0. The van der Waals surface area contributed by atoms with E-state index < -0.39 is 0 Å². The van der Waals surface area contributed by atoms with Gasteiger partial charge in [0.15, 0.2) is 0 Å². The number of rotatable bonds is 3. The van der Waals surface area contributed by atoms with Crippen LogP contribution in [0.1, 0.15) is 19.4 Å². The van der Waals surface area contributed by atoms with E-state index in [0.29, 0.717) is 6.61 Å². The van der Waals surface area contributed by atoms with Crippen molar-refractivity contribution >= 4 is 0 Å². The molecule has 0 aromatic heterocycles. The Balaban J connectivity index is 0.00000121. The Hall–Kier alpha value is 0.816. The second kappa shape index (κ2) is 7.24. The van der Waals surface area contributed by atoms with E-state index in [4.69, 9.17) is 4.74 Å². The Kier molecular flexibility index (Phi) is 7.73. The van der Waals surface area contributed by atoms with E-state index in [1.54, 1.807) is 0 Å². The molecule has 0 fully saturated rings. The van der Waals surface area contributed by atoms with Crippen molar-refractivity contribution in [2.75, 3.05) is 0 Å². The molecule has 0 unspecified atom stereocenters. The SMILES string of the molecule is C[C-](C)OCc1ccccc1.[K+]. The van der Waals surface area contributed by atoms with Crippen molar-refractivity contribution in [3.63, 3.8) is 0 Å². The Bertz CT molecular complexity index is 196. The van der Waals surface area contributed by atoms with Crippen LogP contribution >= 0.6 is 0 Å². The topological polar surface area (TPSA) is 9.23 Å². The molecule has 0 atom stereocenters. The summed E-state index contributed by atoms with van der Waals surface area (Å²) in [6, 6.07) is 10.2. The van der Waals surface area contributed by atoms with Gasteiger partial charge in [0, 0.05) is 6.61 Å². The zero-order valence-corrected chi connectivity index (χ0v) is 11.1. The van der Waals surface area contributed by atoms with Crippen LogP contribution in [0.5, 0.6) is 0 Å². The monoisotopic (exact) mass is 188 g/mol. The van der Waals surface area contributed by atoms with Crippen LogP contribution in [0.3, 0.4) is 0 Å². The van der Waals surface area contributed by atoms with Gasteiger partial charge in [-0.3, -0.25) is 0 Å². The first-order valence-electron chi connectivity index (χ1n) is 3.76. The molecule has 0 N–H and O–H groups in total. The quantitative estimate of drug-likeness (QED) is 0.471. The second-order valence-corrected chi connectivity index (χ2v) is 2.68. The van der Waals surface area contributed by atoms with Gasteiger partial charge in [-0.2, -0.15) is 13.8 Å². The molecular weight excluding hydrogens is 175 g/mol. The summed E-state index contributed by atoms with van der Waals surface area (Å²) in [5.74, 6) is 0. The van der Waals surface area contributed by atoms with E-state index in [9.17, 15) is 0 Å². The molecule has 2 heteroatoms. The molecule has 0 aliphatic carbocycles. The summed E-state index contributed by atoms with van der Waals surface area (Å²) in [6.45, 7) is 4.61. The van der Waals surface area contributed by atoms with E-state index in [1.165, 1.54) is 5.56 Å². The minimum absolute atomic E-state index is 0. The average Bonchev–Trinajstić information content (AvgIpc) is 2.03. The summed E-state index contributed by atoms with van der Waals surface area (Å²) >= 11 is 0. The standard InChI is InChI=1S/C10H13O.K/c1-9(2)11-8-10-6-4-3-5-7-10;/h3-7H,8H2,1-2H3;/q-1;+1. The molecule has 0 amide bonds. The Labute approximate surface area is 117 Å². The number of ether oxygens (including phenoxy) is 1. The van der Waals surface area contributed by atoms with Gasteiger partial charge >= 0.3 is 51.4 Å². The van der Waals surface area contributed by atoms with E-state index >= 15 is 0 Å². The molecule has 0 radical (unpaired) electrons. The normalized spacial score (nSPS) is 9.58. The molecule has 12 heavy (non-hydrogen) atoms. The van der Waals surface area contributed by atoms with Crippen molar-refractivity contribution in [1.82, 2.24) is 0 Å². The molecule has 0 spiro atoms. The summed E-state index contributed by atoms with van der Waals surface area (Å²) < 4.78 is 5.34. The first-order valence-corrected chi connectivity index (χ1v) is 3.76. The molecule has 0 heterocycles. The van der Waals surface area contributed by atoms with Gasteiger partial charge in [-0.25, -0.2) is 6.10 Å². The number of benzene rings is 1. The maximum Gasteiger partial charge on any atom is 1.00 e. The summed E-state index contributed by atoms with van der Waals surface area (Å²) in [4.78, 5) is 0. The fourth-order valence-electron chi connectivity index (χ4n) is 0.802. The van der Waals surface area contributed by atoms with Crippen LogP contribution in [-0.2, 0) is 11.3 Å². The third-order valence-electron chi connectivity index (χ3n) is 1.37. The second-order valence-electron chi connectivity index (χ2n) is 2.68. The summed E-state index contributed by atoms with van der Waals surface area (Å²) in [5.41, 5.74) is 1.22. The molecule has 0 saturated heterocycles. The largest absolute Gasteiger partial charge is 1.00 e. The molecule has 0 aliphatic heterocycles. The zero-order valence-electron chi connectivity index (χ0n) is 8.00. The molecule has 60 valence electrons. The fraction of sp³-hybridized carbons (Fsp3) is 0.300. The van der Waals surface area contributed by atoms with Crippen molar-refractivity contribution in [1.29, 1.82) is 0 Å². The minimum Gasteiger partial charge on any atom is -0.546 e. The Morgan fingerprint density at radius 3 is 2.25 bits per heavy atom. The van der Waals surface area contributed by atoms with Gasteiger partial charge in [-0.15, -0.1) is 0 Å². The van der Waals surface area contributed by atoms with Gasteiger partial charge in [0.2, 0.25) is 0 Å². The predicted molar refractivity (Wildman–Crippen MR) is 45.8 cm³/mol. The molecule has 0 aliphatic rings. The number of hydrogen-bond acceptors (Lipinski definition) is 1. The van der Waals surface area contributed by atoms with Gasteiger partial charge in [0.1, 0.15) is 0 Å². The molecule has 0 bridgehead atoms. The van der Waals surface area contributed by atoms with Crippen LogP contribution in [-0.4, -0.2) is 0 Å². The van der Waals surface area contributed by atoms with Crippen LogP contribution < -0.4 is 51.4 Å². The summed E-state index contributed by atoms with van der Waals surface area (Å²) in [6.07, 6.45) is 1.01.